The van der Waals surface area contributed by atoms with Crippen LogP contribution in [0, 0.1) is 0 Å². The Kier molecular flexibility index (Phi) is 3.93. The molecule has 88 valence electrons. The number of hydrogen-bond donors (Lipinski definition) is 0. The van der Waals surface area contributed by atoms with Gasteiger partial charge in [-0.1, -0.05) is 29.3 Å². The van der Waals surface area contributed by atoms with Crippen LogP contribution in [0.2, 0.25) is 10.0 Å². The molecular weight excluding hydrogens is 279 g/mol. The van der Waals surface area contributed by atoms with Crippen molar-refractivity contribution in [2.24, 2.45) is 0 Å². The van der Waals surface area contributed by atoms with Gasteiger partial charge in [-0.3, -0.25) is 4.79 Å². The summed E-state index contributed by atoms with van der Waals surface area (Å²) < 4.78 is 0. The standard InChI is InChI=1S/C13H9Cl3O/c14-4-3-8-5-9-6-10(15)1-2-11(9)12(7-17)13(8)16/h1-2,5-7H,3-4H2. The van der Waals surface area contributed by atoms with E-state index in [9.17, 15) is 4.79 Å². The molecule has 0 fully saturated rings. The Labute approximate surface area is 114 Å². The Morgan fingerprint density at radius 2 is 1.94 bits per heavy atom. The van der Waals surface area contributed by atoms with E-state index in [1.54, 1.807) is 12.1 Å². The Morgan fingerprint density at radius 1 is 1.18 bits per heavy atom. The van der Waals surface area contributed by atoms with Gasteiger partial charge in [-0.25, -0.2) is 0 Å². The average molecular weight is 288 g/mol. The lowest BCUT2D eigenvalue weighted by Crippen LogP contribution is -1.94. The molecule has 0 atom stereocenters. The molecule has 0 aliphatic rings. The van der Waals surface area contributed by atoms with Crippen molar-refractivity contribution in [3.63, 3.8) is 0 Å². The number of benzene rings is 2. The summed E-state index contributed by atoms with van der Waals surface area (Å²) in [6, 6.07) is 7.29. The van der Waals surface area contributed by atoms with Gasteiger partial charge in [0, 0.05) is 16.5 Å². The number of carbonyl (C=O) groups is 1. The molecule has 0 radical (unpaired) electrons. The van der Waals surface area contributed by atoms with Crippen LogP contribution in [0.25, 0.3) is 10.8 Å². The van der Waals surface area contributed by atoms with Gasteiger partial charge in [0.25, 0.3) is 0 Å². The van der Waals surface area contributed by atoms with Gasteiger partial charge in [-0.05, 0) is 41.0 Å². The quantitative estimate of drug-likeness (QED) is 0.588. The molecular formula is C13H9Cl3O. The second kappa shape index (κ2) is 5.26. The van der Waals surface area contributed by atoms with Crippen molar-refractivity contribution >= 4 is 51.9 Å². The predicted octanol–water partition coefficient (Wildman–Crippen LogP) is 4.74. The summed E-state index contributed by atoms with van der Waals surface area (Å²) in [4.78, 5) is 11.1. The van der Waals surface area contributed by atoms with E-state index in [4.69, 9.17) is 34.8 Å². The Hall–Kier alpha value is -0.760. The molecule has 0 unspecified atom stereocenters. The molecule has 0 bridgehead atoms. The lowest BCUT2D eigenvalue weighted by atomic mass is 10.00. The first kappa shape index (κ1) is 12.7. The Morgan fingerprint density at radius 3 is 2.59 bits per heavy atom. The fourth-order valence-electron chi connectivity index (χ4n) is 1.84. The van der Waals surface area contributed by atoms with Gasteiger partial charge in [0.05, 0.1) is 5.02 Å². The SMILES string of the molecule is O=Cc1c(Cl)c(CCCl)cc2cc(Cl)ccc12. The molecule has 0 aromatic heterocycles. The molecule has 2 rings (SSSR count). The minimum Gasteiger partial charge on any atom is -0.298 e. The van der Waals surface area contributed by atoms with E-state index >= 15 is 0 Å². The van der Waals surface area contributed by atoms with Crippen molar-refractivity contribution in [3.8, 4) is 0 Å². The highest BCUT2D eigenvalue weighted by atomic mass is 35.5. The van der Waals surface area contributed by atoms with Crippen molar-refractivity contribution in [3.05, 3.63) is 45.4 Å². The normalized spacial score (nSPS) is 10.8. The fraction of sp³-hybridized carbons (Fsp3) is 0.154. The third-order valence-corrected chi connectivity index (χ3v) is 3.50. The Balaban J connectivity index is 2.79. The molecule has 0 N–H and O–H groups in total. The summed E-state index contributed by atoms with van der Waals surface area (Å²) in [5.74, 6) is 0.462. The van der Waals surface area contributed by atoms with E-state index in [-0.39, 0.29) is 0 Å². The van der Waals surface area contributed by atoms with Crippen molar-refractivity contribution in [2.45, 2.75) is 6.42 Å². The molecule has 1 nitrogen and oxygen atoms in total. The molecule has 0 aliphatic heterocycles. The number of hydrogen-bond acceptors (Lipinski definition) is 1. The van der Waals surface area contributed by atoms with E-state index in [2.05, 4.69) is 0 Å². The van der Waals surface area contributed by atoms with Crippen molar-refractivity contribution < 1.29 is 4.79 Å². The van der Waals surface area contributed by atoms with E-state index in [0.29, 0.717) is 27.9 Å². The minimum atomic E-state index is 0.462. The van der Waals surface area contributed by atoms with Gasteiger partial charge < -0.3 is 0 Å². The Bertz CT molecular complexity index is 578. The maximum absolute atomic E-state index is 11.1. The van der Waals surface area contributed by atoms with Crippen LogP contribution in [0.5, 0.6) is 0 Å². The molecule has 0 heterocycles. The average Bonchev–Trinajstić information content (AvgIpc) is 2.31. The summed E-state index contributed by atoms with van der Waals surface area (Å²) in [5, 5.41) is 2.83. The monoisotopic (exact) mass is 286 g/mol. The second-order valence-corrected chi connectivity index (χ2v) is 4.88. The van der Waals surface area contributed by atoms with Crippen LogP contribution >= 0.6 is 34.8 Å². The zero-order valence-corrected chi connectivity index (χ0v) is 11.1. The molecule has 4 heteroatoms. The molecule has 2 aromatic rings. The maximum Gasteiger partial charge on any atom is 0.152 e. The van der Waals surface area contributed by atoms with Crippen LogP contribution in [0.4, 0.5) is 0 Å². The van der Waals surface area contributed by atoms with E-state index < -0.39 is 0 Å². The first-order chi connectivity index (χ1) is 8.17. The maximum atomic E-state index is 11.1. The van der Waals surface area contributed by atoms with Gasteiger partial charge in [0.1, 0.15) is 0 Å². The summed E-state index contributed by atoms with van der Waals surface area (Å²) in [6.07, 6.45) is 1.40. The van der Waals surface area contributed by atoms with Gasteiger partial charge in [0.2, 0.25) is 0 Å². The largest absolute Gasteiger partial charge is 0.298 e. The number of rotatable bonds is 3. The van der Waals surface area contributed by atoms with Crippen molar-refractivity contribution in [1.29, 1.82) is 0 Å². The summed E-state index contributed by atoms with van der Waals surface area (Å²) in [6.45, 7) is 0. The van der Waals surface area contributed by atoms with Gasteiger partial charge in [-0.15, -0.1) is 11.6 Å². The molecule has 0 spiro atoms. The summed E-state index contributed by atoms with van der Waals surface area (Å²) in [7, 11) is 0. The molecule has 0 amide bonds. The highest BCUT2D eigenvalue weighted by Gasteiger charge is 2.11. The molecule has 0 aliphatic carbocycles. The van der Waals surface area contributed by atoms with Crippen LogP contribution < -0.4 is 0 Å². The van der Waals surface area contributed by atoms with E-state index in [1.807, 2.05) is 12.1 Å². The van der Waals surface area contributed by atoms with Gasteiger partial charge in [0.15, 0.2) is 6.29 Å². The first-order valence-corrected chi connectivity index (χ1v) is 6.38. The van der Waals surface area contributed by atoms with Crippen LogP contribution in [0.3, 0.4) is 0 Å². The second-order valence-electron chi connectivity index (χ2n) is 3.69. The number of aryl methyl sites for hydroxylation is 1. The lowest BCUT2D eigenvalue weighted by Gasteiger charge is -2.09. The van der Waals surface area contributed by atoms with Crippen molar-refractivity contribution in [2.75, 3.05) is 5.88 Å². The molecule has 0 saturated carbocycles. The van der Waals surface area contributed by atoms with Crippen LogP contribution in [0.15, 0.2) is 24.3 Å². The predicted molar refractivity (Wildman–Crippen MR) is 73.8 cm³/mol. The number of aldehydes is 1. The summed E-state index contributed by atoms with van der Waals surface area (Å²) >= 11 is 17.8. The third kappa shape index (κ3) is 2.42. The van der Waals surface area contributed by atoms with Gasteiger partial charge >= 0.3 is 0 Å². The molecule has 0 saturated heterocycles. The minimum absolute atomic E-state index is 0.462. The highest BCUT2D eigenvalue weighted by molar-refractivity contribution is 6.36. The van der Waals surface area contributed by atoms with Crippen LogP contribution in [0.1, 0.15) is 15.9 Å². The van der Waals surface area contributed by atoms with E-state index in [1.165, 1.54) is 0 Å². The van der Waals surface area contributed by atoms with Crippen LogP contribution in [-0.4, -0.2) is 12.2 Å². The van der Waals surface area contributed by atoms with E-state index in [0.717, 1.165) is 22.6 Å². The fourth-order valence-corrected chi connectivity index (χ4v) is 2.52. The zero-order chi connectivity index (χ0) is 12.4. The first-order valence-electron chi connectivity index (χ1n) is 5.09. The van der Waals surface area contributed by atoms with Gasteiger partial charge in [-0.2, -0.15) is 0 Å². The van der Waals surface area contributed by atoms with Crippen molar-refractivity contribution in [1.82, 2.24) is 0 Å². The third-order valence-electron chi connectivity index (χ3n) is 2.63. The smallest absolute Gasteiger partial charge is 0.152 e. The number of halogens is 3. The lowest BCUT2D eigenvalue weighted by molar-refractivity contribution is 0.112. The highest BCUT2D eigenvalue weighted by Crippen LogP contribution is 2.31. The van der Waals surface area contributed by atoms with Crippen LogP contribution in [-0.2, 0) is 6.42 Å². The molecule has 2 aromatic carbocycles. The number of carbonyl (C=O) groups excluding carboxylic acids is 1. The topological polar surface area (TPSA) is 17.1 Å². The number of fused-ring (bicyclic) bond motifs is 1. The number of alkyl halides is 1. The zero-order valence-electron chi connectivity index (χ0n) is 8.84. The molecule has 17 heavy (non-hydrogen) atoms. The summed E-state index contributed by atoms with van der Waals surface area (Å²) in [5.41, 5.74) is 1.37.